The molecule has 5 aromatic rings. The van der Waals surface area contributed by atoms with Crippen molar-refractivity contribution in [3.8, 4) is 22.9 Å². The van der Waals surface area contributed by atoms with Gasteiger partial charge in [-0.3, -0.25) is 4.79 Å². The summed E-state index contributed by atoms with van der Waals surface area (Å²) in [5, 5.41) is 0.723. The lowest BCUT2D eigenvalue weighted by molar-refractivity contribution is 0.444. The van der Waals surface area contributed by atoms with Crippen molar-refractivity contribution in [1.29, 1.82) is 0 Å². The molecule has 2 heterocycles. The highest BCUT2D eigenvalue weighted by molar-refractivity contribution is 5.88. The minimum absolute atomic E-state index is 0.0139. The lowest BCUT2D eigenvalue weighted by Crippen LogP contribution is -2.06. The maximum atomic E-state index is 14.1. The van der Waals surface area contributed by atoms with Gasteiger partial charge in [-0.1, -0.05) is 24.3 Å². The fourth-order valence-corrected chi connectivity index (χ4v) is 3.63. The zero-order chi connectivity index (χ0) is 22.4. The largest absolute Gasteiger partial charge is 0.438 e. The van der Waals surface area contributed by atoms with E-state index < -0.39 is 22.9 Å². The number of H-pyrrole nitrogens is 1. The summed E-state index contributed by atoms with van der Waals surface area (Å²) in [7, 11) is 0. The average molecular weight is 432 g/mol. The summed E-state index contributed by atoms with van der Waals surface area (Å²) >= 11 is 0. The molecule has 0 bridgehead atoms. The van der Waals surface area contributed by atoms with Crippen LogP contribution in [0.4, 0.5) is 13.2 Å². The molecule has 32 heavy (non-hydrogen) atoms. The smallest absolute Gasteiger partial charge is 0.229 e. The Balaban J connectivity index is 1.75. The van der Waals surface area contributed by atoms with Crippen molar-refractivity contribution in [2.75, 3.05) is 0 Å². The molecule has 3 aromatic carbocycles. The number of pyridine rings is 2. The molecule has 0 unspecified atom stereocenters. The summed E-state index contributed by atoms with van der Waals surface area (Å²) in [5.74, 6) is -2.45. The number of nitrogens with one attached hydrogen (secondary N) is 1. The van der Waals surface area contributed by atoms with E-state index in [0.29, 0.717) is 22.3 Å². The number of ether oxygens (including phenoxy) is 1. The van der Waals surface area contributed by atoms with Gasteiger partial charge < -0.3 is 9.72 Å². The standard InChI is InChI=1S/C25H15F3N2O2/c1-13-22(10-9-17(27)24(13)28)32-25-15(11-14-5-2-3-7-18(14)30-25)20-12-21(31)23-16(26)6-4-8-19(23)29-20/h2-12H,1H3,(H,29,31). The molecule has 0 amide bonds. The molecule has 0 saturated carbocycles. The Morgan fingerprint density at radius 2 is 1.72 bits per heavy atom. The number of hydrogen-bond donors (Lipinski definition) is 1. The predicted molar refractivity (Wildman–Crippen MR) is 116 cm³/mol. The van der Waals surface area contributed by atoms with Gasteiger partial charge in [0, 0.05) is 17.0 Å². The van der Waals surface area contributed by atoms with Crippen LogP contribution in [0.3, 0.4) is 0 Å². The Kier molecular flexibility index (Phi) is 4.66. The van der Waals surface area contributed by atoms with Crippen LogP contribution in [0.2, 0.25) is 0 Å². The second kappa shape index (κ2) is 7.53. The molecule has 0 saturated heterocycles. The summed E-state index contributed by atoms with van der Waals surface area (Å²) < 4.78 is 47.7. The summed E-state index contributed by atoms with van der Waals surface area (Å²) in [6, 6.07) is 16.9. The molecule has 1 N–H and O–H groups in total. The van der Waals surface area contributed by atoms with Gasteiger partial charge in [0.25, 0.3) is 0 Å². The molecule has 0 aliphatic heterocycles. The number of benzene rings is 3. The van der Waals surface area contributed by atoms with Crippen molar-refractivity contribution >= 4 is 21.8 Å². The SMILES string of the molecule is Cc1c(Oc2nc3ccccc3cc2-c2cc(=O)c3c(F)cccc3[nH]2)ccc(F)c1F. The van der Waals surface area contributed by atoms with Gasteiger partial charge in [-0.25, -0.2) is 18.2 Å². The second-order valence-corrected chi connectivity index (χ2v) is 7.33. The van der Waals surface area contributed by atoms with Gasteiger partial charge in [-0.2, -0.15) is 0 Å². The minimum Gasteiger partial charge on any atom is -0.438 e. The van der Waals surface area contributed by atoms with Gasteiger partial charge in [0.2, 0.25) is 5.88 Å². The van der Waals surface area contributed by atoms with Crippen LogP contribution in [-0.2, 0) is 0 Å². The molecule has 5 rings (SSSR count). The third-order valence-corrected chi connectivity index (χ3v) is 5.28. The van der Waals surface area contributed by atoms with E-state index in [9.17, 15) is 18.0 Å². The number of para-hydroxylation sites is 1. The molecule has 0 spiro atoms. The Bertz CT molecular complexity index is 1580. The van der Waals surface area contributed by atoms with Crippen LogP contribution in [0.25, 0.3) is 33.1 Å². The Hall–Kier alpha value is -4.13. The van der Waals surface area contributed by atoms with E-state index in [2.05, 4.69) is 9.97 Å². The third-order valence-electron chi connectivity index (χ3n) is 5.28. The molecule has 0 aliphatic rings. The van der Waals surface area contributed by atoms with E-state index >= 15 is 0 Å². The van der Waals surface area contributed by atoms with Crippen molar-refractivity contribution < 1.29 is 17.9 Å². The molecule has 0 aliphatic carbocycles. The van der Waals surface area contributed by atoms with Crippen LogP contribution < -0.4 is 10.2 Å². The van der Waals surface area contributed by atoms with Gasteiger partial charge >= 0.3 is 0 Å². The number of aromatic amines is 1. The number of aromatic nitrogens is 2. The molecule has 7 heteroatoms. The number of rotatable bonds is 3. The molecule has 0 fully saturated rings. The number of hydrogen-bond acceptors (Lipinski definition) is 3. The Labute approximate surface area is 179 Å². The Morgan fingerprint density at radius 3 is 2.56 bits per heavy atom. The van der Waals surface area contributed by atoms with E-state index in [1.807, 2.05) is 18.2 Å². The molecular weight excluding hydrogens is 417 g/mol. The number of halogens is 3. The summed E-state index contributed by atoms with van der Waals surface area (Å²) in [4.78, 5) is 20.2. The van der Waals surface area contributed by atoms with Gasteiger partial charge in [0.15, 0.2) is 17.1 Å². The first-order valence-electron chi connectivity index (χ1n) is 9.76. The molecule has 158 valence electrons. The van der Waals surface area contributed by atoms with Crippen molar-refractivity contribution in [2.45, 2.75) is 6.92 Å². The second-order valence-electron chi connectivity index (χ2n) is 7.33. The van der Waals surface area contributed by atoms with Crippen molar-refractivity contribution in [2.24, 2.45) is 0 Å². The quantitative estimate of drug-likeness (QED) is 0.366. The highest BCUT2D eigenvalue weighted by Crippen LogP contribution is 2.35. The molecule has 0 radical (unpaired) electrons. The van der Waals surface area contributed by atoms with Gasteiger partial charge in [-0.05, 0) is 43.3 Å². The van der Waals surface area contributed by atoms with Crippen LogP contribution in [0.15, 0.2) is 71.5 Å². The van der Waals surface area contributed by atoms with Crippen molar-refractivity contribution in [3.63, 3.8) is 0 Å². The van der Waals surface area contributed by atoms with E-state index in [0.717, 1.165) is 11.5 Å². The summed E-state index contributed by atoms with van der Waals surface area (Å²) in [6.07, 6.45) is 0. The number of fused-ring (bicyclic) bond motifs is 2. The van der Waals surface area contributed by atoms with Crippen LogP contribution >= 0.6 is 0 Å². The Morgan fingerprint density at radius 1 is 0.906 bits per heavy atom. The fraction of sp³-hybridized carbons (Fsp3) is 0.0400. The van der Waals surface area contributed by atoms with Crippen molar-refractivity contribution in [3.05, 3.63) is 100.0 Å². The lowest BCUT2D eigenvalue weighted by Gasteiger charge is -2.14. The van der Waals surface area contributed by atoms with E-state index in [4.69, 9.17) is 4.74 Å². The first-order valence-corrected chi connectivity index (χ1v) is 9.76. The van der Waals surface area contributed by atoms with E-state index in [1.165, 1.54) is 31.2 Å². The maximum Gasteiger partial charge on any atom is 0.229 e. The molecular formula is C25H15F3N2O2. The lowest BCUT2D eigenvalue weighted by atomic mass is 10.1. The van der Waals surface area contributed by atoms with Crippen LogP contribution in [0.5, 0.6) is 11.6 Å². The number of nitrogens with zero attached hydrogens (tertiary/aromatic N) is 1. The van der Waals surface area contributed by atoms with Crippen LogP contribution in [0, 0.1) is 24.4 Å². The maximum absolute atomic E-state index is 14.1. The zero-order valence-corrected chi connectivity index (χ0v) is 16.7. The van der Waals surface area contributed by atoms with Crippen LogP contribution in [0.1, 0.15) is 5.56 Å². The highest BCUT2D eigenvalue weighted by atomic mass is 19.2. The first-order chi connectivity index (χ1) is 15.4. The molecule has 4 nitrogen and oxygen atoms in total. The van der Waals surface area contributed by atoms with Crippen LogP contribution in [-0.4, -0.2) is 9.97 Å². The molecule has 2 aromatic heterocycles. The third kappa shape index (κ3) is 3.28. The monoisotopic (exact) mass is 432 g/mol. The minimum atomic E-state index is -1.01. The van der Waals surface area contributed by atoms with E-state index in [-0.39, 0.29) is 22.6 Å². The molecule has 0 atom stereocenters. The fourth-order valence-electron chi connectivity index (χ4n) is 3.63. The highest BCUT2D eigenvalue weighted by Gasteiger charge is 2.18. The first kappa shape index (κ1) is 19.8. The van der Waals surface area contributed by atoms with Gasteiger partial charge in [0.1, 0.15) is 11.6 Å². The normalized spacial score (nSPS) is 11.2. The average Bonchev–Trinajstić information content (AvgIpc) is 2.78. The topological polar surface area (TPSA) is 55.0 Å². The van der Waals surface area contributed by atoms with E-state index in [1.54, 1.807) is 18.2 Å². The van der Waals surface area contributed by atoms with Crippen molar-refractivity contribution in [1.82, 2.24) is 9.97 Å². The van der Waals surface area contributed by atoms with Gasteiger partial charge in [-0.15, -0.1) is 0 Å². The van der Waals surface area contributed by atoms with Gasteiger partial charge in [0.05, 0.1) is 27.7 Å². The zero-order valence-electron chi connectivity index (χ0n) is 16.7. The summed E-state index contributed by atoms with van der Waals surface area (Å²) in [6.45, 7) is 1.40. The predicted octanol–water partition coefficient (Wildman–Crippen LogP) is 6.26. The summed E-state index contributed by atoms with van der Waals surface area (Å²) in [5.41, 5.74) is 1.17.